The molecule has 0 fully saturated rings. The first kappa shape index (κ1) is 15.0. The van der Waals surface area contributed by atoms with Gasteiger partial charge in [-0.1, -0.05) is 49.4 Å². The summed E-state index contributed by atoms with van der Waals surface area (Å²) in [7, 11) is 0. The molecule has 23 heavy (non-hydrogen) atoms. The summed E-state index contributed by atoms with van der Waals surface area (Å²) in [4.78, 5) is 12.1. The van der Waals surface area contributed by atoms with Crippen molar-refractivity contribution < 1.29 is 9.21 Å². The zero-order chi connectivity index (χ0) is 16.1. The van der Waals surface area contributed by atoms with Gasteiger partial charge in [0.2, 0.25) is 5.89 Å². The SMILES string of the molecule is CCc1ccc(NC(=O)c2nnc(Cc3ccccc3)o2)cc1. The Morgan fingerprint density at radius 2 is 1.74 bits per heavy atom. The highest BCUT2D eigenvalue weighted by molar-refractivity contribution is 6.00. The molecule has 0 saturated heterocycles. The molecule has 3 aromatic rings. The Morgan fingerprint density at radius 1 is 1.00 bits per heavy atom. The lowest BCUT2D eigenvalue weighted by Crippen LogP contribution is -2.12. The van der Waals surface area contributed by atoms with E-state index in [0.717, 1.165) is 12.0 Å². The molecular formula is C18H17N3O2. The van der Waals surface area contributed by atoms with Crippen molar-refractivity contribution in [3.8, 4) is 0 Å². The highest BCUT2D eigenvalue weighted by Gasteiger charge is 2.15. The van der Waals surface area contributed by atoms with Crippen LogP contribution in [0.1, 0.15) is 34.6 Å². The number of carbonyl (C=O) groups is 1. The van der Waals surface area contributed by atoms with E-state index in [-0.39, 0.29) is 5.89 Å². The average molecular weight is 307 g/mol. The van der Waals surface area contributed by atoms with Gasteiger partial charge in [0.25, 0.3) is 0 Å². The maximum Gasteiger partial charge on any atom is 0.313 e. The summed E-state index contributed by atoms with van der Waals surface area (Å²) in [5.41, 5.74) is 2.97. The Labute approximate surface area is 134 Å². The third-order valence-corrected chi connectivity index (χ3v) is 3.48. The van der Waals surface area contributed by atoms with Gasteiger partial charge in [-0.3, -0.25) is 4.79 Å². The van der Waals surface area contributed by atoms with Gasteiger partial charge in [0, 0.05) is 5.69 Å². The van der Waals surface area contributed by atoms with Crippen LogP contribution in [0.25, 0.3) is 0 Å². The van der Waals surface area contributed by atoms with Gasteiger partial charge >= 0.3 is 11.8 Å². The van der Waals surface area contributed by atoms with Crippen molar-refractivity contribution in [3.63, 3.8) is 0 Å². The van der Waals surface area contributed by atoms with Crippen LogP contribution in [-0.4, -0.2) is 16.1 Å². The fraction of sp³-hybridized carbons (Fsp3) is 0.167. The normalized spacial score (nSPS) is 10.5. The van der Waals surface area contributed by atoms with Crippen LogP contribution in [0.4, 0.5) is 5.69 Å². The van der Waals surface area contributed by atoms with Crippen LogP contribution in [0.5, 0.6) is 0 Å². The van der Waals surface area contributed by atoms with E-state index in [1.807, 2.05) is 54.6 Å². The number of nitrogens with one attached hydrogen (secondary N) is 1. The molecule has 0 aliphatic rings. The lowest BCUT2D eigenvalue weighted by molar-refractivity contribution is 0.0988. The molecule has 0 spiro atoms. The first-order chi connectivity index (χ1) is 11.2. The summed E-state index contributed by atoms with van der Waals surface area (Å²) in [5.74, 6) is -0.0146. The standard InChI is InChI=1S/C18H17N3O2/c1-2-13-8-10-15(11-9-13)19-17(22)18-21-20-16(23-18)12-14-6-4-3-5-7-14/h3-11H,2,12H2,1H3,(H,19,22). The molecule has 1 amide bonds. The third kappa shape index (κ3) is 3.83. The van der Waals surface area contributed by atoms with Crippen LogP contribution in [0.3, 0.4) is 0 Å². The van der Waals surface area contributed by atoms with Crippen LogP contribution in [-0.2, 0) is 12.8 Å². The second-order valence-corrected chi connectivity index (χ2v) is 5.17. The summed E-state index contributed by atoms with van der Waals surface area (Å²) in [5, 5.41) is 10.5. The van der Waals surface area contributed by atoms with Gasteiger partial charge in [-0.05, 0) is 29.7 Å². The minimum atomic E-state index is -0.402. The molecule has 3 rings (SSSR count). The fourth-order valence-electron chi connectivity index (χ4n) is 2.20. The number of rotatable bonds is 5. The quantitative estimate of drug-likeness (QED) is 0.783. The molecule has 1 aromatic heterocycles. The predicted molar refractivity (Wildman–Crippen MR) is 87.3 cm³/mol. The summed E-state index contributed by atoms with van der Waals surface area (Å²) >= 11 is 0. The molecule has 0 atom stereocenters. The summed E-state index contributed by atoms with van der Waals surface area (Å²) in [6.07, 6.45) is 1.47. The van der Waals surface area contributed by atoms with Crippen molar-refractivity contribution in [1.29, 1.82) is 0 Å². The van der Waals surface area contributed by atoms with Gasteiger partial charge in [0.1, 0.15) is 0 Å². The molecule has 0 bridgehead atoms. The molecule has 5 heteroatoms. The molecule has 1 N–H and O–H groups in total. The lowest BCUT2D eigenvalue weighted by Gasteiger charge is -2.03. The van der Waals surface area contributed by atoms with Gasteiger partial charge in [0.05, 0.1) is 6.42 Å². The van der Waals surface area contributed by atoms with E-state index in [9.17, 15) is 4.79 Å². The highest BCUT2D eigenvalue weighted by atomic mass is 16.4. The second-order valence-electron chi connectivity index (χ2n) is 5.17. The average Bonchev–Trinajstić information content (AvgIpc) is 3.05. The third-order valence-electron chi connectivity index (χ3n) is 3.48. The number of anilines is 1. The molecule has 2 aromatic carbocycles. The maximum absolute atomic E-state index is 12.1. The molecule has 0 aliphatic heterocycles. The molecule has 116 valence electrons. The second kappa shape index (κ2) is 6.87. The summed E-state index contributed by atoms with van der Waals surface area (Å²) in [6, 6.07) is 17.4. The van der Waals surface area contributed by atoms with Gasteiger partial charge in [-0.2, -0.15) is 0 Å². The maximum atomic E-state index is 12.1. The van der Waals surface area contributed by atoms with Crippen molar-refractivity contribution in [2.45, 2.75) is 19.8 Å². The first-order valence-corrected chi connectivity index (χ1v) is 7.51. The van der Waals surface area contributed by atoms with Gasteiger partial charge in [-0.15, -0.1) is 10.2 Å². The van der Waals surface area contributed by atoms with E-state index < -0.39 is 5.91 Å². The molecule has 0 saturated carbocycles. The van der Waals surface area contributed by atoms with Crippen LogP contribution in [0.15, 0.2) is 59.0 Å². The van der Waals surface area contributed by atoms with E-state index >= 15 is 0 Å². The number of aromatic nitrogens is 2. The zero-order valence-electron chi connectivity index (χ0n) is 12.8. The molecule has 0 unspecified atom stereocenters. The van der Waals surface area contributed by atoms with E-state index in [1.165, 1.54) is 5.56 Å². The topological polar surface area (TPSA) is 68.0 Å². The molecule has 1 heterocycles. The van der Waals surface area contributed by atoms with Gasteiger partial charge in [0.15, 0.2) is 0 Å². The number of amides is 1. The Kier molecular flexibility index (Phi) is 4.47. The highest BCUT2D eigenvalue weighted by Crippen LogP contribution is 2.13. The van der Waals surface area contributed by atoms with E-state index in [2.05, 4.69) is 22.4 Å². The number of hydrogen-bond donors (Lipinski definition) is 1. The molecule has 0 aliphatic carbocycles. The van der Waals surface area contributed by atoms with Crippen molar-refractivity contribution in [2.75, 3.05) is 5.32 Å². The molecule has 0 radical (unpaired) electrons. The zero-order valence-corrected chi connectivity index (χ0v) is 12.8. The van der Waals surface area contributed by atoms with Crippen LogP contribution < -0.4 is 5.32 Å². The fourth-order valence-corrected chi connectivity index (χ4v) is 2.20. The van der Waals surface area contributed by atoms with Crippen LogP contribution in [0, 0.1) is 0 Å². The largest absolute Gasteiger partial charge is 0.417 e. The minimum Gasteiger partial charge on any atom is -0.417 e. The van der Waals surface area contributed by atoms with Crippen molar-refractivity contribution >= 4 is 11.6 Å². The number of benzene rings is 2. The predicted octanol–water partition coefficient (Wildman–Crippen LogP) is 3.48. The number of carbonyl (C=O) groups excluding carboxylic acids is 1. The number of aryl methyl sites for hydroxylation is 1. The van der Waals surface area contributed by atoms with E-state index in [0.29, 0.717) is 18.0 Å². The van der Waals surface area contributed by atoms with E-state index in [4.69, 9.17) is 4.42 Å². The summed E-state index contributed by atoms with van der Waals surface area (Å²) < 4.78 is 5.43. The Bertz CT molecular complexity index is 780. The van der Waals surface area contributed by atoms with E-state index in [1.54, 1.807) is 0 Å². The Morgan fingerprint density at radius 3 is 2.43 bits per heavy atom. The minimum absolute atomic E-state index is 0.0319. The smallest absolute Gasteiger partial charge is 0.313 e. The van der Waals surface area contributed by atoms with Gasteiger partial charge in [-0.25, -0.2) is 0 Å². The first-order valence-electron chi connectivity index (χ1n) is 7.51. The number of nitrogens with zero attached hydrogens (tertiary/aromatic N) is 2. The van der Waals surface area contributed by atoms with Crippen molar-refractivity contribution in [3.05, 3.63) is 77.5 Å². The van der Waals surface area contributed by atoms with Crippen molar-refractivity contribution in [2.24, 2.45) is 0 Å². The Balaban J connectivity index is 1.66. The molecular weight excluding hydrogens is 290 g/mol. The monoisotopic (exact) mass is 307 g/mol. The lowest BCUT2D eigenvalue weighted by atomic mass is 10.1. The summed E-state index contributed by atoms with van der Waals surface area (Å²) in [6.45, 7) is 2.08. The number of hydrogen-bond acceptors (Lipinski definition) is 4. The van der Waals surface area contributed by atoms with Crippen LogP contribution >= 0.6 is 0 Å². The van der Waals surface area contributed by atoms with Crippen molar-refractivity contribution in [1.82, 2.24) is 10.2 Å². The molecule has 5 nitrogen and oxygen atoms in total. The Hall–Kier alpha value is -2.95. The van der Waals surface area contributed by atoms with Gasteiger partial charge < -0.3 is 9.73 Å². The van der Waals surface area contributed by atoms with Crippen LogP contribution in [0.2, 0.25) is 0 Å².